The van der Waals surface area contributed by atoms with E-state index >= 15 is 0 Å². The van der Waals surface area contributed by atoms with Gasteiger partial charge in [-0.05, 0) is 25.3 Å². The van der Waals surface area contributed by atoms with Crippen molar-refractivity contribution in [1.82, 2.24) is 15.5 Å². The van der Waals surface area contributed by atoms with Crippen LogP contribution in [0, 0.1) is 5.92 Å². The lowest BCUT2D eigenvalue weighted by Gasteiger charge is -2.24. The molecule has 2 rings (SSSR count). The molecule has 1 unspecified atom stereocenters. The first-order chi connectivity index (χ1) is 8.72. The van der Waals surface area contributed by atoms with E-state index in [9.17, 15) is 0 Å². The largest absolute Gasteiger partial charge is 0.386 e. The second-order valence-electron chi connectivity index (χ2n) is 5.58. The van der Waals surface area contributed by atoms with Gasteiger partial charge in [0.2, 0.25) is 0 Å². The van der Waals surface area contributed by atoms with Crippen LogP contribution in [0.25, 0.3) is 0 Å². The van der Waals surface area contributed by atoms with Gasteiger partial charge in [0.05, 0.1) is 17.6 Å². The van der Waals surface area contributed by atoms with Gasteiger partial charge >= 0.3 is 0 Å². The van der Waals surface area contributed by atoms with Crippen molar-refractivity contribution in [1.29, 1.82) is 0 Å². The van der Waals surface area contributed by atoms with Gasteiger partial charge in [-0.2, -0.15) is 0 Å². The lowest BCUT2D eigenvalue weighted by molar-refractivity contribution is 0.282. The van der Waals surface area contributed by atoms with Gasteiger partial charge in [0.1, 0.15) is 0 Å². The minimum atomic E-state index is 0.436. The molecule has 2 N–H and O–H groups in total. The molecule has 3 nitrogen and oxygen atoms in total. The maximum atomic E-state index is 3.55. The first-order valence-corrected chi connectivity index (χ1v) is 7.39. The van der Waals surface area contributed by atoms with Crippen LogP contribution in [0.2, 0.25) is 0 Å². The van der Waals surface area contributed by atoms with Crippen molar-refractivity contribution in [3.8, 4) is 0 Å². The normalized spacial score (nSPS) is 23.7. The smallest absolute Gasteiger partial charge is 0.0962 e. The minimum absolute atomic E-state index is 0.436. The maximum absolute atomic E-state index is 3.55. The molecule has 2 heterocycles. The fraction of sp³-hybridized carbons (Fsp3) is 0.733. The average molecular weight is 249 g/mol. The molecule has 0 spiro atoms. The van der Waals surface area contributed by atoms with Crippen molar-refractivity contribution in [3.63, 3.8) is 0 Å². The monoisotopic (exact) mass is 249 g/mol. The van der Waals surface area contributed by atoms with Crippen molar-refractivity contribution in [2.75, 3.05) is 13.1 Å². The molecular formula is C15H27N3. The molecule has 102 valence electrons. The molecule has 2 atom stereocenters. The zero-order chi connectivity index (χ0) is 13.0. The number of dihydropyridines is 1. The summed E-state index contributed by atoms with van der Waals surface area (Å²) in [5.74, 6) is 0.880. The van der Waals surface area contributed by atoms with Crippen LogP contribution in [0.5, 0.6) is 0 Å². The molecule has 0 radical (unpaired) electrons. The first-order valence-electron chi connectivity index (χ1n) is 7.39. The summed E-state index contributed by atoms with van der Waals surface area (Å²) in [5.41, 5.74) is 2.65. The summed E-state index contributed by atoms with van der Waals surface area (Å²) in [4.78, 5) is 2.48. The molecule has 0 bridgehead atoms. The predicted molar refractivity (Wildman–Crippen MR) is 76.8 cm³/mol. The number of hydrogen-bond donors (Lipinski definition) is 2. The molecule has 0 amide bonds. The van der Waals surface area contributed by atoms with Crippen molar-refractivity contribution in [2.45, 2.75) is 52.6 Å². The third-order valence-electron chi connectivity index (χ3n) is 4.12. The number of nitrogens with zero attached hydrogens (tertiary/aromatic N) is 1. The second kappa shape index (κ2) is 6.17. The van der Waals surface area contributed by atoms with Gasteiger partial charge in [-0.1, -0.05) is 33.1 Å². The van der Waals surface area contributed by atoms with Crippen LogP contribution in [0.3, 0.4) is 0 Å². The topological polar surface area (TPSA) is 27.3 Å². The van der Waals surface area contributed by atoms with E-state index in [1.807, 2.05) is 0 Å². The molecule has 3 heteroatoms. The van der Waals surface area contributed by atoms with Gasteiger partial charge in [0, 0.05) is 19.3 Å². The Hall–Kier alpha value is -1.12. The highest BCUT2D eigenvalue weighted by molar-refractivity contribution is 5.35. The van der Waals surface area contributed by atoms with Crippen LogP contribution in [0.4, 0.5) is 0 Å². The van der Waals surface area contributed by atoms with E-state index in [2.05, 4.69) is 48.6 Å². The summed E-state index contributed by atoms with van der Waals surface area (Å²) in [6.07, 6.45) is 10.1. The van der Waals surface area contributed by atoms with E-state index < -0.39 is 0 Å². The standard InChI is InChI=1S/C15H27N3/c1-4-12(2)7-5-6-10-18-13(3)17-14-8-9-16-11-15(14)18/h8,11-13,16-17H,4-7,9-10H2,1-3H3/t12-,13?/m0/s1. The van der Waals surface area contributed by atoms with E-state index in [0.29, 0.717) is 6.17 Å². The molecule has 0 aromatic carbocycles. The molecule has 1 fully saturated rings. The Balaban J connectivity index is 1.79. The van der Waals surface area contributed by atoms with E-state index in [-0.39, 0.29) is 0 Å². The Morgan fingerprint density at radius 3 is 3.06 bits per heavy atom. The summed E-state index contributed by atoms with van der Waals surface area (Å²) in [5, 5.41) is 6.85. The molecule has 2 aliphatic rings. The highest BCUT2D eigenvalue weighted by atomic mass is 15.3. The molecule has 0 aliphatic carbocycles. The summed E-state index contributed by atoms with van der Waals surface area (Å²) in [6.45, 7) is 8.99. The Kier molecular flexibility index (Phi) is 4.56. The SMILES string of the molecule is CC[C@H](C)CCCCN1C2=CNCC=C2NC1C. The number of hydrogen-bond acceptors (Lipinski definition) is 3. The van der Waals surface area contributed by atoms with Crippen molar-refractivity contribution in [3.05, 3.63) is 23.7 Å². The molecule has 0 aromatic heterocycles. The molecular weight excluding hydrogens is 222 g/mol. The van der Waals surface area contributed by atoms with Crippen LogP contribution in [0.1, 0.15) is 46.5 Å². The van der Waals surface area contributed by atoms with E-state index in [1.165, 1.54) is 37.1 Å². The Bertz CT molecular complexity index is 333. The summed E-state index contributed by atoms with van der Waals surface area (Å²) in [6, 6.07) is 0. The molecule has 1 saturated heterocycles. The summed E-state index contributed by atoms with van der Waals surface area (Å²) >= 11 is 0. The fourth-order valence-corrected chi connectivity index (χ4v) is 2.67. The van der Waals surface area contributed by atoms with Gasteiger partial charge in [-0.25, -0.2) is 0 Å². The zero-order valence-electron chi connectivity index (χ0n) is 12.0. The minimum Gasteiger partial charge on any atom is -0.386 e. The lowest BCUT2D eigenvalue weighted by Crippen LogP contribution is -2.32. The van der Waals surface area contributed by atoms with Crippen molar-refractivity contribution < 1.29 is 0 Å². The average Bonchev–Trinajstić information content (AvgIpc) is 2.70. The second-order valence-corrected chi connectivity index (χ2v) is 5.58. The van der Waals surface area contributed by atoms with Gasteiger partial charge < -0.3 is 15.5 Å². The Labute approximate surface area is 111 Å². The Morgan fingerprint density at radius 1 is 1.44 bits per heavy atom. The van der Waals surface area contributed by atoms with Gasteiger partial charge in [-0.3, -0.25) is 0 Å². The van der Waals surface area contributed by atoms with Gasteiger partial charge in [-0.15, -0.1) is 0 Å². The highest BCUT2D eigenvalue weighted by Crippen LogP contribution is 2.25. The van der Waals surface area contributed by atoms with Crippen molar-refractivity contribution >= 4 is 0 Å². The van der Waals surface area contributed by atoms with E-state index in [4.69, 9.17) is 0 Å². The zero-order valence-corrected chi connectivity index (χ0v) is 12.0. The van der Waals surface area contributed by atoms with Crippen LogP contribution < -0.4 is 10.6 Å². The number of unbranched alkanes of at least 4 members (excludes halogenated alkanes) is 1. The van der Waals surface area contributed by atoms with Crippen LogP contribution in [-0.4, -0.2) is 24.2 Å². The fourth-order valence-electron chi connectivity index (χ4n) is 2.67. The third kappa shape index (κ3) is 3.01. The van der Waals surface area contributed by atoms with Gasteiger partial charge in [0.15, 0.2) is 0 Å². The predicted octanol–water partition coefficient (Wildman–Crippen LogP) is 2.78. The van der Waals surface area contributed by atoms with E-state index in [0.717, 1.165) is 19.0 Å². The third-order valence-corrected chi connectivity index (χ3v) is 4.12. The molecule has 0 aromatic rings. The quantitative estimate of drug-likeness (QED) is 0.709. The summed E-state index contributed by atoms with van der Waals surface area (Å²) < 4.78 is 0. The first kappa shape index (κ1) is 13.3. The van der Waals surface area contributed by atoms with Gasteiger partial charge in [0.25, 0.3) is 0 Å². The highest BCUT2D eigenvalue weighted by Gasteiger charge is 2.28. The summed E-state index contributed by atoms with van der Waals surface area (Å²) in [7, 11) is 0. The molecule has 18 heavy (non-hydrogen) atoms. The number of rotatable bonds is 6. The maximum Gasteiger partial charge on any atom is 0.0962 e. The van der Waals surface area contributed by atoms with Crippen molar-refractivity contribution in [2.24, 2.45) is 5.92 Å². The molecule has 2 aliphatic heterocycles. The van der Waals surface area contributed by atoms with Crippen LogP contribution >= 0.6 is 0 Å². The number of fused-ring (bicyclic) bond motifs is 1. The van der Waals surface area contributed by atoms with Crippen LogP contribution in [-0.2, 0) is 0 Å². The lowest BCUT2D eigenvalue weighted by atomic mass is 10.0. The Morgan fingerprint density at radius 2 is 2.28 bits per heavy atom. The van der Waals surface area contributed by atoms with Crippen LogP contribution in [0.15, 0.2) is 23.7 Å². The van der Waals surface area contributed by atoms with E-state index in [1.54, 1.807) is 0 Å². The molecule has 0 saturated carbocycles. The number of nitrogens with one attached hydrogen (secondary N) is 2.